The Morgan fingerprint density at radius 2 is 1.86 bits per heavy atom. The van der Waals surface area contributed by atoms with Crippen molar-refractivity contribution < 1.29 is 17.9 Å². The zero-order valence-corrected chi connectivity index (χ0v) is 13.4. The summed E-state index contributed by atoms with van der Waals surface area (Å²) in [5.41, 5.74) is 0.522. The van der Waals surface area contributed by atoms with E-state index in [2.05, 4.69) is 0 Å². The maximum absolute atomic E-state index is 12.9. The van der Waals surface area contributed by atoms with Gasteiger partial charge in [0.1, 0.15) is 5.82 Å². The summed E-state index contributed by atoms with van der Waals surface area (Å²) in [7, 11) is -2.44. The number of benzene rings is 2. The molecule has 0 aliphatic heterocycles. The Kier molecular flexibility index (Phi) is 5.18. The second-order valence-corrected chi connectivity index (χ2v) is 7.29. The summed E-state index contributed by atoms with van der Waals surface area (Å²) in [6.07, 6.45) is -1.01. The number of aliphatic hydroxyl groups is 1. The van der Waals surface area contributed by atoms with Crippen molar-refractivity contribution in [2.24, 2.45) is 0 Å². The van der Waals surface area contributed by atoms with Gasteiger partial charge in [0.15, 0.2) is 0 Å². The van der Waals surface area contributed by atoms with E-state index in [1.807, 2.05) is 0 Å². The lowest BCUT2D eigenvalue weighted by atomic mass is 10.1. The second kappa shape index (κ2) is 6.75. The molecule has 2 aromatic carbocycles. The summed E-state index contributed by atoms with van der Waals surface area (Å²) in [4.78, 5) is -0.0327. The Labute approximate surface area is 133 Å². The summed E-state index contributed by atoms with van der Waals surface area (Å²) in [6, 6.07) is 11.1. The van der Waals surface area contributed by atoms with Crippen molar-refractivity contribution in [1.29, 1.82) is 0 Å². The van der Waals surface area contributed by atoms with Crippen molar-refractivity contribution in [3.05, 3.63) is 64.9 Å². The molecule has 0 saturated heterocycles. The van der Waals surface area contributed by atoms with Crippen LogP contribution in [0.15, 0.2) is 53.4 Å². The fraction of sp³-hybridized carbons (Fsp3) is 0.200. The molecule has 1 N–H and O–H groups in total. The molecule has 22 heavy (non-hydrogen) atoms. The second-order valence-electron chi connectivity index (χ2n) is 4.81. The van der Waals surface area contributed by atoms with E-state index in [0.717, 1.165) is 16.4 Å². The van der Waals surface area contributed by atoms with Gasteiger partial charge in [-0.3, -0.25) is 0 Å². The van der Waals surface area contributed by atoms with Crippen LogP contribution < -0.4 is 0 Å². The third kappa shape index (κ3) is 3.84. The minimum atomic E-state index is -3.80. The van der Waals surface area contributed by atoms with Gasteiger partial charge >= 0.3 is 0 Å². The predicted molar refractivity (Wildman–Crippen MR) is 82.6 cm³/mol. The molecule has 0 heterocycles. The number of likely N-dealkylation sites (N-methyl/N-ethyl adjacent to an activating group) is 1. The lowest BCUT2D eigenvalue weighted by Crippen LogP contribution is -2.31. The molecular formula is C15H15ClFNO3S. The molecule has 0 radical (unpaired) electrons. The molecule has 1 unspecified atom stereocenters. The van der Waals surface area contributed by atoms with Crippen LogP contribution in [0.3, 0.4) is 0 Å². The van der Waals surface area contributed by atoms with Crippen molar-refractivity contribution in [2.75, 3.05) is 13.6 Å². The first kappa shape index (κ1) is 16.9. The smallest absolute Gasteiger partial charge is 0.242 e. The van der Waals surface area contributed by atoms with Gasteiger partial charge in [-0.15, -0.1) is 0 Å². The van der Waals surface area contributed by atoms with E-state index in [1.54, 1.807) is 24.3 Å². The van der Waals surface area contributed by atoms with Crippen molar-refractivity contribution in [3.8, 4) is 0 Å². The van der Waals surface area contributed by atoms with Crippen LogP contribution in [0.2, 0.25) is 5.02 Å². The average Bonchev–Trinajstić information content (AvgIpc) is 2.47. The summed E-state index contributed by atoms with van der Waals surface area (Å²) in [5.74, 6) is -0.513. The maximum Gasteiger partial charge on any atom is 0.242 e. The number of hydrogen-bond acceptors (Lipinski definition) is 3. The summed E-state index contributed by atoms with van der Waals surface area (Å²) in [6.45, 7) is -0.139. The number of halogens is 2. The number of hydrogen-bond donors (Lipinski definition) is 1. The molecule has 7 heteroatoms. The Morgan fingerprint density at radius 3 is 2.45 bits per heavy atom. The van der Waals surface area contributed by atoms with E-state index in [1.165, 1.54) is 19.2 Å². The molecule has 0 fully saturated rings. The van der Waals surface area contributed by atoms with E-state index in [9.17, 15) is 17.9 Å². The van der Waals surface area contributed by atoms with Crippen molar-refractivity contribution in [3.63, 3.8) is 0 Å². The fourth-order valence-electron chi connectivity index (χ4n) is 1.95. The molecule has 4 nitrogen and oxygen atoms in total. The molecule has 0 amide bonds. The van der Waals surface area contributed by atoms with Crippen LogP contribution in [0.25, 0.3) is 0 Å². The van der Waals surface area contributed by atoms with Gasteiger partial charge in [-0.05, 0) is 42.0 Å². The highest BCUT2D eigenvalue weighted by atomic mass is 35.5. The van der Waals surface area contributed by atoms with Crippen molar-refractivity contribution in [1.82, 2.24) is 4.31 Å². The lowest BCUT2D eigenvalue weighted by Gasteiger charge is -2.21. The normalized spacial score (nSPS) is 13.3. The summed E-state index contributed by atoms with van der Waals surface area (Å²) < 4.78 is 38.6. The molecule has 118 valence electrons. The van der Waals surface area contributed by atoms with Gasteiger partial charge in [0, 0.05) is 18.6 Å². The van der Waals surface area contributed by atoms with Crippen LogP contribution in [-0.2, 0) is 10.0 Å². The fourth-order valence-corrected chi connectivity index (χ4v) is 3.32. The van der Waals surface area contributed by atoms with Crippen molar-refractivity contribution in [2.45, 2.75) is 11.0 Å². The van der Waals surface area contributed by atoms with E-state index < -0.39 is 21.9 Å². The topological polar surface area (TPSA) is 57.6 Å². The highest BCUT2D eigenvalue weighted by molar-refractivity contribution is 7.89. The van der Waals surface area contributed by atoms with Crippen LogP contribution in [0, 0.1) is 5.82 Å². The number of rotatable bonds is 5. The van der Waals surface area contributed by atoms with Crippen LogP contribution in [0.4, 0.5) is 4.39 Å². The van der Waals surface area contributed by atoms with E-state index in [4.69, 9.17) is 11.6 Å². The molecule has 2 aromatic rings. The van der Waals surface area contributed by atoms with Gasteiger partial charge in [-0.1, -0.05) is 23.7 Å². The Bertz CT molecular complexity index is 750. The van der Waals surface area contributed by atoms with Crippen LogP contribution >= 0.6 is 11.6 Å². The van der Waals surface area contributed by atoms with Gasteiger partial charge in [-0.25, -0.2) is 12.8 Å². The third-order valence-corrected chi connectivity index (χ3v) is 5.26. The predicted octanol–water partition coefficient (Wildman–Crippen LogP) is 2.83. The largest absolute Gasteiger partial charge is 0.387 e. The number of nitrogens with zero attached hydrogens (tertiary/aromatic N) is 1. The molecule has 0 aromatic heterocycles. The standard InChI is InChI=1S/C15H15ClFNO3S/c1-18(10-15(19)11-3-2-4-12(16)9-11)22(20,21)14-7-5-13(17)6-8-14/h2-9,15,19H,10H2,1H3. The molecule has 2 rings (SSSR count). The van der Waals surface area contributed by atoms with Gasteiger partial charge < -0.3 is 5.11 Å². The van der Waals surface area contributed by atoms with Crippen LogP contribution in [-0.4, -0.2) is 31.4 Å². The first-order valence-electron chi connectivity index (χ1n) is 6.46. The quantitative estimate of drug-likeness (QED) is 0.908. The summed E-state index contributed by atoms with van der Waals surface area (Å²) >= 11 is 5.85. The van der Waals surface area contributed by atoms with Crippen LogP contribution in [0.1, 0.15) is 11.7 Å². The molecule has 0 bridgehead atoms. The SMILES string of the molecule is CN(CC(O)c1cccc(Cl)c1)S(=O)(=O)c1ccc(F)cc1. The molecule has 1 atom stereocenters. The Morgan fingerprint density at radius 1 is 1.23 bits per heavy atom. The molecule has 0 saturated carbocycles. The van der Waals surface area contributed by atoms with Crippen LogP contribution in [0.5, 0.6) is 0 Å². The number of sulfonamides is 1. The van der Waals surface area contributed by atoms with E-state index in [0.29, 0.717) is 10.6 Å². The zero-order valence-electron chi connectivity index (χ0n) is 11.8. The van der Waals surface area contributed by atoms with Gasteiger partial charge in [0.2, 0.25) is 10.0 Å². The molecule has 0 aliphatic rings. The third-order valence-electron chi connectivity index (χ3n) is 3.19. The molecular weight excluding hydrogens is 329 g/mol. The highest BCUT2D eigenvalue weighted by Crippen LogP contribution is 2.21. The maximum atomic E-state index is 12.9. The minimum Gasteiger partial charge on any atom is -0.387 e. The first-order valence-corrected chi connectivity index (χ1v) is 8.28. The number of aliphatic hydroxyl groups excluding tert-OH is 1. The highest BCUT2D eigenvalue weighted by Gasteiger charge is 2.23. The molecule has 0 spiro atoms. The average molecular weight is 344 g/mol. The van der Waals surface area contributed by atoms with E-state index >= 15 is 0 Å². The van der Waals surface area contributed by atoms with Gasteiger partial charge in [-0.2, -0.15) is 4.31 Å². The van der Waals surface area contributed by atoms with Gasteiger partial charge in [0.25, 0.3) is 0 Å². The summed E-state index contributed by atoms with van der Waals surface area (Å²) in [5, 5.41) is 10.6. The monoisotopic (exact) mass is 343 g/mol. The van der Waals surface area contributed by atoms with E-state index in [-0.39, 0.29) is 11.4 Å². The lowest BCUT2D eigenvalue weighted by molar-refractivity contribution is 0.155. The zero-order chi connectivity index (χ0) is 16.3. The first-order chi connectivity index (χ1) is 10.3. The molecule has 0 aliphatic carbocycles. The minimum absolute atomic E-state index is 0.0327. The Hall–Kier alpha value is -1.47. The van der Waals surface area contributed by atoms with Gasteiger partial charge in [0.05, 0.1) is 11.0 Å². The van der Waals surface area contributed by atoms with Crippen molar-refractivity contribution >= 4 is 21.6 Å². The Balaban J connectivity index is 2.17.